The Morgan fingerprint density at radius 2 is 1.63 bits per heavy atom. The van der Waals surface area contributed by atoms with E-state index in [-0.39, 0.29) is 36.4 Å². The first-order chi connectivity index (χ1) is 16.2. The van der Waals surface area contributed by atoms with E-state index in [9.17, 15) is 19.2 Å². The van der Waals surface area contributed by atoms with Crippen LogP contribution in [0.25, 0.3) is 0 Å². The van der Waals surface area contributed by atoms with Gasteiger partial charge in [0, 0.05) is 25.7 Å². The van der Waals surface area contributed by atoms with E-state index in [0.717, 1.165) is 32.1 Å². The second-order valence-electron chi connectivity index (χ2n) is 11.3. The summed E-state index contributed by atoms with van der Waals surface area (Å²) in [6, 6.07) is -2.65. The van der Waals surface area contributed by atoms with Crippen molar-refractivity contribution < 1.29 is 23.9 Å². The van der Waals surface area contributed by atoms with Crippen molar-refractivity contribution in [2.24, 2.45) is 11.7 Å². The van der Waals surface area contributed by atoms with Gasteiger partial charge in [-0.2, -0.15) is 0 Å². The van der Waals surface area contributed by atoms with Gasteiger partial charge in [-0.1, -0.05) is 19.3 Å². The van der Waals surface area contributed by atoms with Gasteiger partial charge in [0.05, 0.1) is 0 Å². The van der Waals surface area contributed by atoms with Crippen molar-refractivity contribution in [3.8, 4) is 0 Å². The number of nitrogens with zero attached hydrogens (tertiary/aromatic N) is 2. The lowest BCUT2D eigenvalue weighted by Crippen LogP contribution is -2.59. The number of carbonyl (C=O) groups excluding carboxylic acids is 4. The number of ether oxygens (including phenoxy) is 1. The summed E-state index contributed by atoms with van der Waals surface area (Å²) in [4.78, 5) is 55.1. The maximum absolute atomic E-state index is 13.8. The molecule has 4 amide bonds. The second-order valence-corrected chi connectivity index (χ2v) is 11.3. The van der Waals surface area contributed by atoms with E-state index in [4.69, 9.17) is 10.5 Å². The molecule has 2 fully saturated rings. The summed E-state index contributed by atoms with van der Waals surface area (Å²) in [5.41, 5.74) is 5.46. The molecule has 10 nitrogen and oxygen atoms in total. The molecule has 1 heterocycles. The van der Waals surface area contributed by atoms with Gasteiger partial charge in [-0.05, 0) is 66.7 Å². The highest BCUT2D eigenvalue weighted by Crippen LogP contribution is 2.29. The average molecular weight is 496 g/mol. The minimum absolute atomic E-state index is 0.0372. The monoisotopic (exact) mass is 495 g/mol. The Balaban J connectivity index is 2.21. The van der Waals surface area contributed by atoms with Crippen molar-refractivity contribution in [3.63, 3.8) is 0 Å². The fourth-order valence-electron chi connectivity index (χ4n) is 4.71. The van der Waals surface area contributed by atoms with Crippen LogP contribution in [0.5, 0.6) is 0 Å². The number of rotatable bonds is 7. The fraction of sp³-hybridized carbons (Fsp3) is 0.840. The summed E-state index contributed by atoms with van der Waals surface area (Å²) >= 11 is 0. The molecule has 0 aromatic heterocycles. The summed E-state index contributed by atoms with van der Waals surface area (Å²) in [6.45, 7) is 10.9. The van der Waals surface area contributed by atoms with E-state index in [0.29, 0.717) is 6.42 Å². The van der Waals surface area contributed by atoms with E-state index in [1.807, 2.05) is 13.8 Å². The number of hydrogen-bond acceptors (Lipinski definition) is 6. The van der Waals surface area contributed by atoms with Gasteiger partial charge in [0.15, 0.2) is 0 Å². The van der Waals surface area contributed by atoms with Crippen molar-refractivity contribution in [1.82, 2.24) is 20.4 Å². The topological polar surface area (TPSA) is 134 Å². The van der Waals surface area contributed by atoms with E-state index in [2.05, 4.69) is 10.6 Å². The van der Waals surface area contributed by atoms with Crippen molar-refractivity contribution >= 4 is 23.8 Å². The van der Waals surface area contributed by atoms with Crippen LogP contribution in [-0.2, 0) is 19.1 Å². The van der Waals surface area contributed by atoms with Crippen LogP contribution in [-0.4, -0.2) is 83.0 Å². The highest BCUT2D eigenvalue weighted by molar-refractivity contribution is 5.94. The number of hydrogen-bond donors (Lipinski definition) is 3. The molecule has 4 atom stereocenters. The number of nitrogens with one attached hydrogen (secondary N) is 2. The zero-order valence-corrected chi connectivity index (χ0v) is 22.4. The van der Waals surface area contributed by atoms with Crippen LogP contribution in [0, 0.1) is 5.92 Å². The lowest BCUT2D eigenvalue weighted by atomic mass is 9.83. The zero-order valence-electron chi connectivity index (χ0n) is 22.4. The van der Waals surface area contributed by atoms with Crippen molar-refractivity contribution in [2.45, 2.75) is 116 Å². The average Bonchev–Trinajstić information content (AvgIpc) is 3.16. The summed E-state index contributed by atoms with van der Waals surface area (Å²) in [5, 5.41) is 5.80. The van der Waals surface area contributed by atoms with Gasteiger partial charge in [-0.3, -0.25) is 19.3 Å². The largest absolute Gasteiger partial charge is 0.444 e. The predicted molar refractivity (Wildman–Crippen MR) is 133 cm³/mol. The molecule has 0 aromatic rings. The van der Waals surface area contributed by atoms with Gasteiger partial charge in [0.2, 0.25) is 17.7 Å². The molecule has 0 bridgehead atoms. The molecule has 2 rings (SSSR count). The second kappa shape index (κ2) is 12.1. The van der Waals surface area contributed by atoms with Crippen LogP contribution >= 0.6 is 0 Å². The fourth-order valence-corrected chi connectivity index (χ4v) is 4.71. The molecule has 0 aromatic carbocycles. The van der Waals surface area contributed by atoms with E-state index in [1.54, 1.807) is 27.7 Å². The van der Waals surface area contributed by atoms with E-state index < -0.39 is 35.7 Å². The Bertz CT molecular complexity index is 775. The maximum atomic E-state index is 13.8. The lowest BCUT2D eigenvalue weighted by Gasteiger charge is -2.36. The van der Waals surface area contributed by atoms with Gasteiger partial charge in [0.25, 0.3) is 0 Å². The van der Waals surface area contributed by atoms with Crippen molar-refractivity contribution in [2.75, 3.05) is 13.6 Å². The first-order valence-corrected chi connectivity index (χ1v) is 12.8. The van der Waals surface area contributed by atoms with Crippen LogP contribution in [0.4, 0.5) is 4.79 Å². The smallest absolute Gasteiger partial charge is 0.410 e. The highest BCUT2D eigenvalue weighted by atomic mass is 16.6. The maximum Gasteiger partial charge on any atom is 0.410 e. The number of likely N-dealkylation sites (tertiary alicyclic amines) is 1. The van der Waals surface area contributed by atoms with Crippen LogP contribution in [0.1, 0.15) is 80.1 Å². The van der Waals surface area contributed by atoms with Crippen LogP contribution < -0.4 is 16.4 Å². The van der Waals surface area contributed by atoms with E-state index >= 15 is 0 Å². The summed E-state index contributed by atoms with van der Waals surface area (Å²) < 4.78 is 5.38. The Kier molecular flexibility index (Phi) is 9.94. The van der Waals surface area contributed by atoms with Crippen molar-refractivity contribution in [3.05, 3.63) is 0 Å². The molecule has 35 heavy (non-hydrogen) atoms. The standard InChI is InChI=1S/C25H45N5O5/c1-15(2)27-22(32)19-13-18(26)14-30(19)23(33)20(17-11-9-8-10-12-17)28-21(31)16(3)29(7)24(34)35-25(4,5)6/h15-20H,8-14,26H2,1-7H3,(H,27,32)(H,28,31)/t16-,18-,19-,20-/m0/s1. The molecule has 0 spiro atoms. The summed E-state index contributed by atoms with van der Waals surface area (Å²) in [7, 11) is 1.50. The third kappa shape index (κ3) is 8.08. The van der Waals surface area contributed by atoms with Crippen LogP contribution in [0.2, 0.25) is 0 Å². The molecule has 4 N–H and O–H groups in total. The molecule has 1 saturated carbocycles. The quantitative estimate of drug-likeness (QED) is 0.493. The Hall–Kier alpha value is -2.36. The Morgan fingerprint density at radius 3 is 2.17 bits per heavy atom. The number of likely N-dealkylation sites (N-methyl/N-ethyl adjacent to an activating group) is 1. The van der Waals surface area contributed by atoms with Crippen molar-refractivity contribution in [1.29, 1.82) is 0 Å². The first-order valence-electron chi connectivity index (χ1n) is 12.8. The van der Waals surface area contributed by atoms with Crippen LogP contribution in [0.3, 0.4) is 0 Å². The number of amides is 4. The van der Waals surface area contributed by atoms with Crippen LogP contribution in [0.15, 0.2) is 0 Å². The minimum Gasteiger partial charge on any atom is -0.444 e. The number of carbonyl (C=O) groups is 4. The van der Waals surface area contributed by atoms with Gasteiger partial charge < -0.3 is 26.0 Å². The van der Waals surface area contributed by atoms with E-state index in [1.165, 1.54) is 16.8 Å². The zero-order chi connectivity index (χ0) is 26.5. The highest BCUT2D eigenvalue weighted by Gasteiger charge is 2.43. The van der Waals surface area contributed by atoms with Gasteiger partial charge in [-0.15, -0.1) is 0 Å². The first kappa shape index (κ1) is 28.9. The Labute approximate surface area is 209 Å². The van der Waals surface area contributed by atoms with Gasteiger partial charge in [0.1, 0.15) is 23.7 Å². The third-order valence-corrected chi connectivity index (χ3v) is 6.68. The SMILES string of the molecule is CC(C)NC(=O)[C@@H]1C[C@H](N)CN1C(=O)[C@@H](NC(=O)[C@H](C)N(C)C(=O)OC(C)(C)C)C1CCCCC1. The molecular formula is C25H45N5O5. The molecule has 1 saturated heterocycles. The minimum atomic E-state index is -0.843. The molecular weight excluding hydrogens is 450 g/mol. The molecule has 1 aliphatic heterocycles. The lowest BCUT2D eigenvalue weighted by molar-refractivity contribution is -0.143. The molecule has 2 aliphatic rings. The summed E-state index contributed by atoms with van der Waals surface area (Å²) in [6.07, 6.45) is 4.45. The molecule has 1 aliphatic carbocycles. The third-order valence-electron chi connectivity index (χ3n) is 6.68. The molecule has 200 valence electrons. The molecule has 0 radical (unpaired) electrons. The number of nitrogens with two attached hydrogens (primary N) is 1. The molecule has 0 unspecified atom stereocenters. The van der Waals surface area contributed by atoms with Gasteiger partial charge >= 0.3 is 6.09 Å². The molecule has 10 heteroatoms. The normalized spacial score (nSPS) is 22.9. The van der Waals surface area contributed by atoms with Gasteiger partial charge in [-0.25, -0.2) is 4.79 Å². The predicted octanol–water partition coefficient (Wildman–Crippen LogP) is 1.76. The Morgan fingerprint density at radius 1 is 1.03 bits per heavy atom. The summed E-state index contributed by atoms with van der Waals surface area (Å²) in [5.74, 6) is -0.985.